The Labute approximate surface area is 98.7 Å². The SMILES string of the molecule is Cc1cc(C)c(C)c(NCCCCO)c1C. The lowest BCUT2D eigenvalue weighted by Gasteiger charge is -2.16. The van der Waals surface area contributed by atoms with Crippen LogP contribution in [0.5, 0.6) is 0 Å². The third-order valence-electron chi connectivity index (χ3n) is 3.25. The maximum absolute atomic E-state index is 8.73. The van der Waals surface area contributed by atoms with Crippen molar-refractivity contribution in [2.75, 3.05) is 18.5 Å². The van der Waals surface area contributed by atoms with Crippen LogP contribution < -0.4 is 5.32 Å². The Bertz CT molecular complexity index is 332. The molecule has 0 aromatic heterocycles. The van der Waals surface area contributed by atoms with Crippen molar-refractivity contribution in [3.05, 3.63) is 28.3 Å². The molecule has 0 unspecified atom stereocenters. The topological polar surface area (TPSA) is 32.3 Å². The van der Waals surface area contributed by atoms with E-state index in [0.29, 0.717) is 0 Å². The zero-order chi connectivity index (χ0) is 12.1. The smallest absolute Gasteiger partial charge is 0.0431 e. The predicted molar refractivity (Wildman–Crippen MR) is 70.2 cm³/mol. The van der Waals surface area contributed by atoms with Crippen molar-refractivity contribution in [2.24, 2.45) is 0 Å². The Morgan fingerprint density at radius 3 is 2.06 bits per heavy atom. The van der Waals surface area contributed by atoms with Crippen LogP contribution in [0.3, 0.4) is 0 Å². The minimum atomic E-state index is 0.284. The van der Waals surface area contributed by atoms with Gasteiger partial charge in [0, 0.05) is 18.8 Å². The van der Waals surface area contributed by atoms with Crippen molar-refractivity contribution in [2.45, 2.75) is 40.5 Å². The summed E-state index contributed by atoms with van der Waals surface area (Å²) in [6.45, 7) is 9.85. The molecular formula is C14H23NO. The molecule has 0 heterocycles. The molecule has 0 saturated carbocycles. The van der Waals surface area contributed by atoms with E-state index < -0.39 is 0 Å². The lowest BCUT2D eigenvalue weighted by Crippen LogP contribution is -2.07. The van der Waals surface area contributed by atoms with Crippen LogP contribution in [0.2, 0.25) is 0 Å². The summed E-state index contributed by atoms with van der Waals surface area (Å²) >= 11 is 0. The second-order valence-electron chi connectivity index (χ2n) is 4.49. The first kappa shape index (κ1) is 13.0. The summed E-state index contributed by atoms with van der Waals surface area (Å²) in [5.41, 5.74) is 6.63. The molecule has 0 atom stereocenters. The number of hydrogen-bond donors (Lipinski definition) is 2. The van der Waals surface area contributed by atoms with E-state index in [9.17, 15) is 0 Å². The van der Waals surface area contributed by atoms with Crippen molar-refractivity contribution in [1.29, 1.82) is 0 Å². The van der Waals surface area contributed by atoms with Gasteiger partial charge in [-0.25, -0.2) is 0 Å². The van der Waals surface area contributed by atoms with E-state index in [-0.39, 0.29) is 6.61 Å². The van der Waals surface area contributed by atoms with Crippen molar-refractivity contribution >= 4 is 5.69 Å². The molecule has 90 valence electrons. The van der Waals surface area contributed by atoms with Crippen LogP contribution in [-0.4, -0.2) is 18.3 Å². The highest BCUT2D eigenvalue weighted by Gasteiger charge is 2.07. The van der Waals surface area contributed by atoms with Crippen molar-refractivity contribution in [3.8, 4) is 0 Å². The van der Waals surface area contributed by atoms with Crippen molar-refractivity contribution in [1.82, 2.24) is 0 Å². The fourth-order valence-electron chi connectivity index (χ4n) is 1.93. The van der Waals surface area contributed by atoms with Crippen LogP contribution in [0.25, 0.3) is 0 Å². The number of hydrogen-bond acceptors (Lipinski definition) is 2. The quantitative estimate of drug-likeness (QED) is 0.749. The van der Waals surface area contributed by atoms with Gasteiger partial charge in [-0.3, -0.25) is 0 Å². The summed E-state index contributed by atoms with van der Waals surface area (Å²) in [4.78, 5) is 0. The summed E-state index contributed by atoms with van der Waals surface area (Å²) in [7, 11) is 0. The number of nitrogens with one attached hydrogen (secondary N) is 1. The molecular weight excluding hydrogens is 198 g/mol. The first-order chi connectivity index (χ1) is 7.57. The van der Waals surface area contributed by atoms with Crippen LogP contribution >= 0.6 is 0 Å². The molecule has 16 heavy (non-hydrogen) atoms. The summed E-state index contributed by atoms with van der Waals surface area (Å²) in [5, 5.41) is 12.2. The Hall–Kier alpha value is -1.02. The molecule has 0 aliphatic heterocycles. The normalized spacial score (nSPS) is 10.6. The molecule has 0 aliphatic carbocycles. The summed E-state index contributed by atoms with van der Waals surface area (Å²) < 4.78 is 0. The molecule has 0 saturated heterocycles. The van der Waals surface area contributed by atoms with Gasteiger partial charge in [0.25, 0.3) is 0 Å². The van der Waals surface area contributed by atoms with Gasteiger partial charge < -0.3 is 10.4 Å². The van der Waals surface area contributed by atoms with Crippen molar-refractivity contribution in [3.63, 3.8) is 0 Å². The molecule has 0 fully saturated rings. The first-order valence-corrected chi connectivity index (χ1v) is 6.00. The molecule has 1 aromatic carbocycles. The number of benzene rings is 1. The molecule has 0 amide bonds. The molecule has 0 aliphatic rings. The second-order valence-corrected chi connectivity index (χ2v) is 4.49. The second kappa shape index (κ2) is 5.90. The Morgan fingerprint density at radius 2 is 1.56 bits per heavy atom. The van der Waals surface area contributed by atoms with Crippen LogP contribution in [-0.2, 0) is 0 Å². The third kappa shape index (κ3) is 2.99. The Morgan fingerprint density at radius 1 is 1.00 bits per heavy atom. The van der Waals surface area contributed by atoms with Gasteiger partial charge in [0.05, 0.1) is 0 Å². The zero-order valence-electron chi connectivity index (χ0n) is 10.9. The van der Waals surface area contributed by atoms with Gasteiger partial charge in [0.2, 0.25) is 0 Å². The zero-order valence-corrected chi connectivity index (χ0v) is 10.9. The average molecular weight is 221 g/mol. The number of aliphatic hydroxyl groups excluding tert-OH is 1. The van der Waals surface area contributed by atoms with Crippen LogP contribution in [0.15, 0.2) is 6.07 Å². The van der Waals surface area contributed by atoms with E-state index in [0.717, 1.165) is 19.4 Å². The van der Waals surface area contributed by atoms with E-state index in [2.05, 4.69) is 39.1 Å². The number of rotatable bonds is 5. The molecule has 2 heteroatoms. The average Bonchev–Trinajstić information content (AvgIpc) is 2.25. The minimum Gasteiger partial charge on any atom is -0.396 e. The molecule has 2 nitrogen and oxygen atoms in total. The maximum Gasteiger partial charge on any atom is 0.0431 e. The summed E-state index contributed by atoms with van der Waals surface area (Å²) in [5.74, 6) is 0. The maximum atomic E-state index is 8.73. The fraction of sp³-hybridized carbons (Fsp3) is 0.571. The summed E-state index contributed by atoms with van der Waals surface area (Å²) in [6, 6.07) is 2.24. The fourth-order valence-corrected chi connectivity index (χ4v) is 1.93. The lowest BCUT2D eigenvalue weighted by molar-refractivity contribution is 0.286. The van der Waals surface area contributed by atoms with Crippen LogP contribution in [0.4, 0.5) is 5.69 Å². The molecule has 0 spiro atoms. The van der Waals surface area contributed by atoms with Crippen LogP contribution in [0.1, 0.15) is 35.1 Å². The van der Waals surface area contributed by atoms with E-state index in [4.69, 9.17) is 5.11 Å². The van der Waals surface area contributed by atoms with Gasteiger partial charge in [-0.1, -0.05) is 6.07 Å². The van der Waals surface area contributed by atoms with E-state index >= 15 is 0 Å². The van der Waals surface area contributed by atoms with Crippen molar-refractivity contribution < 1.29 is 5.11 Å². The Balaban J connectivity index is 2.78. The summed E-state index contributed by atoms with van der Waals surface area (Å²) in [6.07, 6.45) is 1.89. The minimum absolute atomic E-state index is 0.284. The van der Waals surface area contributed by atoms with E-state index in [1.54, 1.807) is 0 Å². The van der Waals surface area contributed by atoms with Gasteiger partial charge in [-0.2, -0.15) is 0 Å². The number of aryl methyl sites for hydroxylation is 2. The largest absolute Gasteiger partial charge is 0.396 e. The van der Waals surface area contributed by atoms with Gasteiger partial charge in [0.1, 0.15) is 0 Å². The first-order valence-electron chi connectivity index (χ1n) is 6.00. The third-order valence-corrected chi connectivity index (χ3v) is 3.25. The molecule has 0 bridgehead atoms. The van der Waals surface area contributed by atoms with Gasteiger partial charge in [0.15, 0.2) is 0 Å². The highest BCUT2D eigenvalue weighted by Crippen LogP contribution is 2.26. The molecule has 2 N–H and O–H groups in total. The highest BCUT2D eigenvalue weighted by atomic mass is 16.2. The number of aliphatic hydroxyl groups is 1. The van der Waals surface area contributed by atoms with Crippen LogP contribution in [0, 0.1) is 27.7 Å². The monoisotopic (exact) mass is 221 g/mol. The molecule has 0 radical (unpaired) electrons. The molecule has 1 rings (SSSR count). The Kier molecular flexibility index (Phi) is 4.81. The van der Waals surface area contributed by atoms with Gasteiger partial charge in [-0.05, 0) is 62.8 Å². The number of unbranched alkanes of at least 4 members (excludes halogenated alkanes) is 1. The number of anilines is 1. The van der Waals surface area contributed by atoms with E-state index in [1.165, 1.54) is 27.9 Å². The molecule has 1 aromatic rings. The van der Waals surface area contributed by atoms with E-state index in [1.807, 2.05) is 0 Å². The predicted octanol–water partition coefficient (Wildman–Crippen LogP) is 3.10. The highest BCUT2D eigenvalue weighted by molar-refractivity contribution is 5.62. The standard InChI is InChI=1S/C14H23NO/c1-10-9-11(2)13(4)14(12(10)3)15-7-5-6-8-16/h9,15-16H,5-8H2,1-4H3. The van der Waals surface area contributed by atoms with Gasteiger partial charge >= 0.3 is 0 Å². The lowest BCUT2D eigenvalue weighted by atomic mass is 9.98. The van der Waals surface area contributed by atoms with Gasteiger partial charge in [-0.15, -0.1) is 0 Å².